The van der Waals surface area contributed by atoms with Gasteiger partial charge in [0, 0.05) is 39.2 Å². The van der Waals surface area contributed by atoms with E-state index in [9.17, 15) is 0 Å². The highest BCUT2D eigenvalue weighted by Gasteiger charge is 2.16. The van der Waals surface area contributed by atoms with Crippen LogP contribution < -0.4 is 0 Å². The number of hydrogen-bond acceptors (Lipinski definition) is 4. The molecule has 0 radical (unpaired) electrons. The van der Waals surface area contributed by atoms with Gasteiger partial charge in [-0.05, 0) is 64.1 Å². The van der Waals surface area contributed by atoms with Gasteiger partial charge >= 0.3 is 0 Å². The van der Waals surface area contributed by atoms with E-state index in [2.05, 4.69) is 157 Å². The highest BCUT2D eigenvalue weighted by Crippen LogP contribution is 2.38. The average Bonchev–Trinajstić information content (AvgIpc) is 3.26. The summed E-state index contributed by atoms with van der Waals surface area (Å²) in [5.41, 5.74) is 13.6. The third-order valence-electron chi connectivity index (χ3n) is 10.4. The van der Waals surface area contributed by atoms with Crippen LogP contribution >= 0.6 is 0 Å². The Labute approximate surface area is 313 Å². The first-order valence-electron chi connectivity index (χ1n) is 18.4. The van der Waals surface area contributed by atoms with Crippen molar-refractivity contribution in [2.45, 2.75) is 12.8 Å². The van der Waals surface area contributed by atoms with Crippen molar-refractivity contribution in [3.8, 4) is 56.3 Å². The third-order valence-corrected chi connectivity index (χ3v) is 10.4. The average molecular weight is 691 g/mol. The molecule has 3 heterocycles. The second kappa shape index (κ2) is 13.5. The monoisotopic (exact) mass is 690 g/mol. The van der Waals surface area contributed by atoms with Gasteiger partial charge in [-0.2, -0.15) is 0 Å². The first-order valence-corrected chi connectivity index (χ1v) is 18.4. The van der Waals surface area contributed by atoms with Gasteiger partial charge in [0.2, 0.25) is 0 Å². The molecule has 10 rings (SSSR count). The Morgan fingerprint density at radius 1 is 0.407 bits per heavy atom. The molecule has 0 amide bonds. The smallest absolute Gasteiger partial charge is 0.160 e. The van der Waals surface area contributed by atoms with Crippen molar-refractivity contribution in [3.05, 3.63) is 188 Å². The summed E-state index contributed by atoms with van der Waals surface area (Å²) in [6.45, 7) is 0. The molecule has 54 heavy (non-hydrogen) atoms. The molecule has 1 aliphatic carbocycles. The lowest BCUT2D eigenvalue weighted by Crippen LogP contribution is -1.97. The van der Waals surface area contributed by atoms with E-state index in [1.165, 1.54) is 22.1 Å². The highest BCUT2D eigenvalue weighted by molar-refractivity contribution is 6.05. The van der Waals surface area contributed by atoms with Crippen LogP contribution in [0.2, 0.25) is 0 Å². The lowest BCUT2D eigenvalue weighted by atomic mass is 9.92. The van der Waals surface area contributed by atoms with E-state index in [1.54, 1.807) is 0 Å². The number of hydrogen-bond donors (Lipinski definition) is 0. The molecule has 3 aromatic heterocycles. The van der Waals surface area contributed by atoms with Crippen LogP contribution in [0.25, 0.3) is 94.4 Å². The minimum Gasteiger partial charge on any atom is -0.254 e. The maximum atomic E-state index is 5.19. The van der Waals surface area contributed by atoms with Crippen LogP contribution in [-0.2, 0) is 0 Å². The molecule has 0 unspecified atom stereocenters. The van der Waals surface area contributed by atoms with Gasteiger partial charge in [0.25, 0.3) is 0 Å². The SMILES string of the molecule is C1=CC(c2ccc(-c3cc(-c4ccc(-c5ccc(-c6ccc7ccc8cccnc8c7n6)cc5)c5ccccc45)nc(-c4ccccc4)n3)cc2)=CCC1. The Morgan fingerprint density at radius 2 is 1.06 bits per heavy atom. The summed E-state index contributed by atoms with van der Waals surface area (Å²) in [6, 6.07) is 55.4. The Bertz CT molecular complexity index is 2910. The van der Waals surface area contributed by atoms with Gasteiger partial charge in [0.1, 0.15) is 0 Å². The molecule has 1 aliphatic rings. The number of allylic oxidation sites excluding steroid dienone is 4. The van der Waals surface area contributed by atoms with Gasteiger partial charge in [0.15, 0.2) is 5.82 Å². The largest absolute Gasteiger partial charge is 0.254 e. The zero-order chi connectivity index (χ0) is 35.8. The van der Waals surface area contributed by atoms with Gasteiger partial charge < -0.3 is 0 Å². The molecule has 0 saturated carbocycles. The van der Waals surface area contributed by atoms with Gasteiger partial charge in [-0.1, -0.05) is 158 Å². The third kappa shape index (κ3) is 5.84. The Hall–Kier alpha value is -7.04. The zero-order valence-electron chi connectivity index (χ0n) is 29.5. The Balaban J connectivity index is 1.04. The minimum absolute atomic E-state index is 0.708. The molecule has 0 saturated heterocycles. The summed E-state index contributed by atoms with van der Waals surface area (Å²) in [7, 11) is 0. The fourth-order valence-electron chi connectivity index (χ4n) is 7.59. The van der Waals surface area contributed by atoms with E-state index in [-0.39, 0.29) is 0 Å². The fourth-order valence-corrected chi connectivity index (χ4v) is 7.59. The van der Waals surface area contributed by atoms with Gasteiger partial charge in [-0.15, -0.1) is 0 Å². The quantitative estimate of drug-likeness (QED) is 0.163. The van der Waals surface area contributed by atoms with Crippen molar-refractivity contribution in [2.75, 3.05) is 0 Å². The standard InChI is InChI=1S/C50H34N4/c1-3-10-33(11-4-1)34-17-21-37(22-18-34)46-32-47(54-50(53-46)40-12-5-2-6-13-40)44-29-28-41(42-15-7-8-16-43(42)44)35-19-23-36(24-20-35)45-30-27-39-26-25-38-14-9-31-51-48(38)49(39)52-45/h2-3,5-32H,1,4H2. The molecule has 0 aliphatic heterocycles. The molecule has 254 valence electrons. The molecule has 0 N–H and O–H groups in total. The molecule has 0 fully saturated rings. The zero-order valence-corrected chi connectivity index (χ0v) is 29.5. The number of fused-ring (bicyclic) bond motifs is 4. The number of pyridine rings is 2. The van der Waals surface area contributed by atoms with Gasteiger partial charge in [0.05, 0.1) is 28.1 Å². The molecule has 9 aromatic rings. The normalized spacial score (nSPS) is 12.7. The molecule has 0 bridgehead atoms. The van der Waals surface area contributed by atoms with Gasteiger partial charge in [-0.3, -0.25) is 4.98 Å². The lowest BCUT2D eigenvalue weighted by molar-refractivity contribution is 1.04. The van der Waals surface area contributed by atoms with Crippen molar-refractivity contribution < 1.29 is 0 Å². The van der Waals surface area contributed by atoms with Crippen LogP contribution in [0.1, 0.15) is 18.4 Å². The van der Waals surface area contributed by atoms with E-state index in [0.717, 1.165) is 84.9 Å². The van der Waals surface area contributed by atoms with Crippen LogP contribution in [0.5, 0.6) is 0 Å². The molecule has 4 nitrogen and oxygen atoms in total. The van der Waals surface area contributed by atoms with E-state index in [1.807, 2.05) is 30.5 Å². The topological polar surface area (TPSA) is 51.6 Å². The van der Waals surface area contributed by atoms with Gasteiger partial charge in [-0.25, -0.2) is 15.0 Å². The molecule has 6 aromatic carbocycles. The number of aromatic nitrogens is 4. The second-order valence-corrected chi connectivity index (χ2v) is 13.7. The summed E-state index contributed by atoms with van der Waals surface area (Å²) in [4.78, 5) is 20.0. The highest BCUT2D eigenvalue weighted by atomic mass is 14.9. The number of rotatable bonds is 6. The molecular formula is C50H34N4. The summed E-state index contributed by atoms with van der Waals surface area (Å²) in [6.07, 6.45) is 10.8. The summed E-state index contributed by atoms with van der Waals surface area (Å²) in [5.74, 6) is 0.708. The predicted octanol–water partition coefficient (Wildman–Crippen LogP) is 12.8. The maximum absolute atomic E-state index is 5.19. The Morgan fingerprint density at radius 3 is 1.83 bits per heavy atom. The number of benzene rings is 6. The Kier molecular flexibility index (Phi) is 7.92. The second-order valence-electron chi connectivity index (χ2n) is 13.7. The van der Waals surface area contributed by atoms with Crippen molar-refractivity contribution in [1.82, 2.24) is 19.9 Å². The van der Waals surface area contributed by atoms with Crippen LogP contribution in [-0.4, -0.2) is 19.9 Å². The van der Waals surface area contributed by atoms with E-state index < -0.39 is 0 Å². The predicted molar refractivity (Wildman–Crippen MR) is 224 cm³/mol. The van der Waals surface area contributed by atoms with Crippen LogP contribution in [0.4, 0.5) is 0 Å². The van der Waals surface area contributed by atoms with E-state index in [4.69, 9.17) is 15.0 Å². The van der Waals surface area contributed by atoms with Crippen molar-refractivity contribution >= 4 is 38.2 Å². The molecule has 0 spiro atoms. The maximum Gasteiger partial charge on any atom is 0.160 e. The fraction of sp³-hybridized carbons (Fsp3) is 0.0400. The summed E-state index contributed by atoms with van der Waals surface area (Å²) in [5, 5.41) is 4.49. The first-order chi connectivity index (χ1) is 26.7. The van der Waals surface area contributed by atoms with Crippen molar-refractivity contribution in [1.29, 1.82) is 0 Å². The van der Waals surface area contributed by atoms with Crippen LogP contribution in [0.15, 0.2) is 182 Å². The summed E-state index contributed by atoms with van der Waals surface area (Å²) >= 11 is 0. The minimum atomic E-state index is 0.708. The van der Waals surface area contributed by atoms with E-state index >= 15 is 0 Å². The number of nitrogens with zero attached hydrogens (tertiary/aromatic N) is 4. The van der Waals surface area contributed by atoms with Crippen LogP contribution in [0.3, 0.4) is 0 Å². The van der Waals surface area contributed by atoms with Crippen LogP contribution in [0, 0.1) is 0 Å². The van der Waals surface area contributed by atoms with Crippen molar-refractivity contribution in [2.24, 2.45) is 0 Å². The molecule has 4 heteroatoms. The first kappa shape index (κ1) is 31.7. The van der Waals surface area contributed by atoms with Crippen molar-refractivity contribution in [3.63, 3.8) is 0 Å². The molecule has 0 atom stereocenters. The lowest BCUT2D eigenvalue weighted by Gasteiger charge is -2.14. The summed E-state index contributed by atoms with van der Waals surface area (Å²) < 4.78 is 0. The van der Waals surface area contributed by atoms with E-state index in [0.29, 0.717) is 5.82 Å². The molecular weight excluding hydrogens is 657 g/mol.